The minimum Gasteiger partial charge on any atom is -0.352 e. The normalized spacial score (nSPS) is 11.7. The van der Waals surface area contributed by atoms with Gasteiger partial charge in [0, 0.05) is 30.5 Å². The van der Waals surface area contributed by atoms with Gasteiger partial charge in [0.15, 0.2) is 5.96 Å². The molecule has 124 valence electrons. The molecule has 0 aliphatic rings. The van der Waals surface area contributed by atoms with Crippen LogP contribution >= 0.6 is 15.9 Å². The van der Waals surface area contributed by atoms with Crippen molar-refractivity contribution < 1.29 is 4.39 Å². The van der Waals surface area contributed by atoms with Gasteiger partial charge in [-0.15, -0.1) is 0 Å². The zero-order chi connectivity index (χ0) is 16.9. The Morgan fingerprint density at radius 2 is 1.88 bits per heavy atom. The van der Waals surface area contributed by atoms with Gasteiger partial charge in [0.05, 0.1) is 12.2 Å². The van der Waals surface area contributed by atoms with Crippen LogP contribution in [0.3, 0.4) is 0 Å². The van der Waals surface area contributed by atoms with Crippen molar-refractivity contribution in [2.75, 3.05) is 7.05 Å². The third-order valence-electron chi connectivity index (χ3n) is 3.50. The molecule has 0 fully saturated rings. The Morgan fingerprint density at radius 1 is 1.12 bits per heavy atom. The molecule has 5 nitrogen and oxygen atoms in total. The maximum Gasteiger partial charge on any atom is 0.191 e. The van der Waals surface area contributed by atoms with Crippen molar-refractivity contribution in [2.45, 2.75) is 13.1 Å². The third-order valence-corrected chi connectivity index (χ3v) is 3.97. The van der Waals surface area contributed by atoms with Gasteiger partial charge in [0.1, 0.15) is 11.5 Å². The van der Waals surface area contributed by atoms with E-state index in [-0.39, 0.29) is 5.82 Å². The van der Waals surface area contributed by atoms with Crippen molar-refractivity contribution in [2.24, 2.45) is 4.99 Å². The fourth-order valence-electron chi connectivity index (χ4n) is 2.29. The molecule has 0 radical (unpaired) electrons. The first kappa shape index (κ1) is 16.4. The number of aromatic nitrogens is 2. The quantitative estimate of drug-likeness (QED) is 0.532. The van der Waals surface area contributed by atoms with Crippen molar-refractivity contribution in [3.05, 3.63) is 70.3 Å². The number of aliphatic imine (C=N–C) groups is 1. The van der Waals surface area contributed by atoms with E-state index in [0.717, 1.165) is 21.4 Å². The topological polar surface area (TPSA) is 53.7 Å². The number of fused-ring (bicyclic) bond motifs is 1. The third kappa shape index (κ3) is 4.11. The van der Waals surface area contributed by atoms with Crippen LogP contribution in [-0.2, 0) is 13.1 Å². The second kappa shape index (κ2) is 7.44. The van der Waals surface area contributed by atoms with Crippen LogP contribution in [0.2, 0.25) is 0 Å². The van der Waals surface area contributed by atoms with Crippen LogP contribution in [0, 0.1) is 5.82 Å². The summed E-state index contributed by atoms with van der Waals surface area (Å²) in [6.45, 7) is 1.13. The molecule has 2 aromatic heterocycles. The van der Waals surface area contributed by atoms with Crippen molar-refractivity contribution in [3.8, 4) is 0 Å². The van der Waals surface area contributed by atoms with E-state index in [1.165, 1.54) is 12.1 Å². The van der Waals surface area contributed by atoms with Gasteiger partial charge < -0.3 is 15.0 Å². The Morgan fingerprint density at radius 3 is 2.62 bits per heavy atom. The summed E-state index contributed by atoms with van der Waals surface area (Å²) in [5, 5.41) is 6.41. The second-order valence-corrected chi connectivity index (χ2v) is 6.17. The maximum absolute atomic E-state index is 12.9. The predicted molar refractivity (Wildman–Crippen MR) is 96.3 cm³/mol. The van der Waals surface area contributed by atoms with Gasteiger partial charge in [-0.25, -0.2) is 9.37 Å². The van der Waals surface area contributed by atoms with E-state index < -0.39 is 0 Å². The number of guanidine groups is 1. The smallest absolute Gasteiger partial charge is 0.191 e. The first-order valence-electron chi connectivity index (χ1n) is 7.46. The van der Waals surface area contributed by atoms with E-state index in [1.807, 2.05) is 28.9 Å². The van der Waals surface area contributed by atoms with Gasteiger partial charge in [-0.05, 0) is 45.8 Å². The molecule has 0 aliphatic heterocycles. The second-order valence-electron chi connectivity index (χ2n) is 5.25. The highest BCUT2D eigenvalue weighted by atomic mass is 79.9. The Kier molecular flexibility index (Phi) is 5.10. The van der Waals surface area contributed by atoms with E-state index >= 15 is 0 Å². The fraction of sp³-hybridized carbons (Fsp3) is 0.176. The van der Waals surface area contributed by atoms with Gasteiger partial charge in [-0.1, -0.05) is 12.1 Å². The molecule has 7 heteroatoms. The number of hydrogen-bond acceptors (Lipinski definition) is 2. The highest BCUT2D eigenvalue weighted by molar-refractivity contribution is 9.10. The molecule has 24 heavy (non-hydrogen) atoms. The van der Waals surface area contributed by atoms with Crippen LogP contribution in [0.15, 0.2) is 58.3 Å². The highest BCUT2D eigenvalue weighted by Gasteiger charge is 2.04. The first-order valence-corrected chi connectivity index (χ1v) is 8.25. The van der Waals surface area contributed by atoms with E-state index in [4.69, 9.17) is 0 Å². The number of pyridine rings is 1. The minimum absolute atomic E-state index is 0.236. The molecule has 0 aliphatic carbocycles. The van der Waals surface area contributed by atoms with Crippen molar-refractivity contribution in [1.29, 1.82) is 0 Å². The molecule has 3 rings (SSSR count). The lowest BCUT2D eigenvalue weighted by molar-refractivity contribution is 0.626. The molecule has 3 aromatic rings. The summed E-state index contributed by atoms with van der Waals surface area (Å²) < 4.78 is 15.9. The minimum atomic E-state index is -0.236. The number of nitrogens with zero attached hydrogens (tertiary/aromatic N) is 3. The zero-order valence-corrected chi connectivity index (χ0v) is 14.7. The van der Waals surface area contributed by atoms with E-state index in [1.54, 1.807) is 19.2 Å². The lowest BCUT2D eigenvalue weighted by atomic mass is 10.2. The average molecular weight is 390 g/mol. The molecule has 2 N–H and O–H groups in total. The van der Waals surface area contributed by atoms with Crippen LogP contribution in [0.5, 0.6) is 0 Å². The summed E-state index contributed by atoms with van der Waals surface area (Å²) in [5.74, 6) is 0.428. The fourth-order valence-corrected chi connectivity index (χ4v) is 2.64. The van der Waals surface area contributed by atoms with Crippen molar-refractivity contribution in [1.82, 2.24) is 20.0 Å². The molecule has 2 heterocycles. The molecule has 0 saturated heterocycles. The molecule has 0 atom stereocenters. The molecule has 0 saturated carbocycles. The largest absolute Gasteiger partial charge is 0.352 e. The number of hydrogen-bond donors (Lipinski definition) is 2. The van der Waals surface area contributed by atoms with Gasteiger partial charge in [-0.3, -0.25) is 4.99 Å². The van der Waals surface area contributed by atoms with Gasteiger partial charge in [0.2, 0.25) is 0 Å². The van der Waals surface area contributed by atoms with Crippen LogP contribution in [0.1, 0.15) is 11.3 Å². The van der Waals surface area contributed by atoms with E-state index in [2.05, 4.69) is 36.5 Å². The van der Waals surface area contributed by atoms with E-state index in [9.17, 15) is 4.39 Å². The Bertz CT molecular complexity index is 857. The monoisotopic (exact) mass is 389 g/mol. The molecule has 0 bridgehead atoms. The highest BCUT2D eigenvalue weighted by Crippen LogP contribution is 2.12. The molecular formula is C17H17BrFN5. The summed E-state index contributed by atoms with van der Waals surface area (Å²) in [5.41, 5.74) is 2.79. The summed E-state index contributed by atoms with van der Waals surface area (Å²) in [7, 11) is 1.71. The number of halogens is 2. The zero-order valence-electron chi connectivity index (χ0n) is 13.1. The predicted octanol–water partition coefficient (Wildman–Crippen LogP) is 3.10. The SMILES string of the molecule is CN=C(NCc1ccc(F)cc1)NCc1cn2cc(Br)ccc2n1. The van der Waals surface area contributed by atoms with Crippen molar-refractivity contribution in [3.63, 3.8) is 0 Å². The number of benzene rings is 1. The van der Waals surface area contributed by atoms with E-state index in [0.29, 0.717) is 19.0 Å². The van der Waals surface area contributed by atoms with Crippen LogP contribution in [0.25, 0.3) is 5.65 Å². The summed E-state index contributed by atoms with van der Waals surface area (Å²) in [6.07, 6.45) is 3.94. The number of rotatable bonds is 4. The first-order chi connectivity index (χ1) is 11.6. The van der Waals surface area contributed by atoms with Crippen LogP contribution in [0.4, 0.5) is 4.39 Å². The summed E-state index contributed by atoms with van der Waals surface area (Å²) >= 11 is 3.45. The molecule has 0 spiro atoms. The van der Waals surface area contributed by atoms with Crippen LogP contribution < -0.4 is 10.6 Å². The lowest BCUT2D eigenvalue weighted by Gasteiger charge is -2.11. The number of nitrogens with one attached hydrogen (secondary N) is 2. The standard InChI is InChI=1S/C17H17BrFN5/c1-20-17(21-8-12-2-5-14(19)6-3-12)22-9-15-11-24-10-13(18)4-7-16(24)23-15/h2-7,10-11H,8-9H2,1H3,(H2,20,21,22). The molecule has 0 unspecified atom stereocenters. The Balaban J connectivity index is 1.57. The lowest BCUT2D eigenvalue weighted by Crippen LogP contribution is -2.36. The van der Waals surface area contributed by atoms with Crippen molar-refractivity contribution >= 4 is 27.5 Å². The molecular weight excluding hydrogens is 373 g/mol. The summed E-state index contributed by atoms with van der Waals surface area (Å²) in [6, 6.07) is 10.3. The Labute approximate surface area is 147 Å². The maximum atomic E-state index is 12.9. The van der Waals surface area contributed by atoms with Gasteiger partial charge >= 0.3 is 0 Å². The van der Waals surface area contributed by atoms with Gasteiger partial charge in [0.25, 0.3) is 0 Å². The van der Waals surface area contributed by atoms with Crippen LogP contribution in [-0.4, -0.2) is 22.4 Å². The summed E-state index contributed by atoms with van der Waals surface area (Å²) in [4.78, 5) is 8.73. The van der Waals surface area contributed by atoms with Gasteiger partial charge in [-0.2, -0.15) is 0 Å². The number of imidazole rings is 1. The molecule has 1 aromatic carbocycles. The average Bonchev–Trinajstić information content (AvgIpc) is 2.98. The Hall–Kier alpha value is -2.41. The molecule has 0 amide bonds.